The second-order valence-electron chi connectivity index (χ2n) is 4.25. The molecule has 0 aliphatic heterocycles. The van der Waals surface area contributed by atoms with Gasteiger partial charge in [-0.15, -0.1) is 0 Å². The Morgan fingerprint density at radius 2 is 2.11 bits per heavy atom. The first kappa shape index (κ1) is 13.1. The molecule has 1 heterocycles. The van der Waals surface area contributed by atoms with E-state index in [4.69, 9.17) is 17.3 Å². The third-order valence-corrected chi connectivity index (χ3v) is 3.43. The van der Waals surface area contributed by atoms with Crippen LogP contribution in [0.1, 0.15) is 22.5 Å². The van der Waals surface area contributed by atoms with Gasteiger partial charge in [-0.05, 0) is 37.6 Å². The number of aromatic nitrogens is 2. The highest BCUT2D eigenvalue weighted by Crippen LogP contribution is 2.20. The largest absolute Gasteiger partial charge is 0.326 e. The maximum Gasteiger partial charge on any atom is 0.123 e. The summed E-state index contributed by atoms with van der Waals surface area (Å²) in [4.78, 5) is 0. The molecule has 96 valence electrons. The molecule has 18 heavy (non-hydrogen) atoms. The standard InChI is InChI=1S/C13H15ClFN3/c1-8-12(6-16)9(2)18(17-8)7-10-5-11(15)3-4-13(10)14/h3-5H,6-7,16H2,1-2H3. The summed E-state index contributed by atoms with van der Waals surface area (Å²) in [5, 5.41) is 4.94. The molecule has 0 amide bonds. The minimum atomic E-state index is -0.296. The molecule has 1 aromatic carbocycles. The van der Waals surface area contributed by atoms with Gasteiger partial charge in [-0.25, -0.2) is 4.39 Å². The number of nitrogens with two attached hydrogens (primary N) is 1. The van der Waals surface area contributed by atoms with E-state index in [1.165, 1.54) is 12.1 Å². The van der Waals surface area contributed by atoms with Crippen LogP contribution in [0.15, 0.2) is 18.2 Å². The van der Waals surface area contributed by atoms with Crippen LogP contribution in [0.3, 0.4) is 0 Å². The van der Waals surface area contributed by atoms with Crippen molar-refractivity contribution >= 4 is 11.6 Å². The first-order chi connectivity index (χ1) is 8.52. The lowest BCUT2D eigenvalue weighted by atomic mass is 10.2. The zero-order chi connectivity index (χ0) is 13.3. The second-order valence-corrected chi connectivity index (χ2v) is 4.65. The molecule has 2 rings (SSSR count). The van der Waals surface area contributed by atoms with Crippen LogP contribution < -0.4 is 5.73 Å². The molecule has 0 saturated heterocycles. The third-order valence-electron chi connectivity index (χ3n) is 3.06. The van der Waals surface area contributed by atoms with E-state index >= 15 is 0 Å². The minimum absolute atomic E-state index is 0.296. The van der Waals surface area contributed by atoms with E-state index in [9.17, 15) is 4.39 Å². The maximum absolute atomic E-state index is 13.2. The number of aryl methyl sites for hydroxylation is 1. The number of rotatable bonds is 3. The van der Waals surface area contributed by atoms with Crippen molar-refractivity contribution in [1.82, 2.24) is 9.78 Å². The summed E-state index contributed by atoms with van der Waals surface area (Å²) in [5.41, 5.74) is 9.32. The van der Waals surface area contributed by atoms with E-state index in [0.717, 1.165) is 17.0 Å². The van der Waals surface area contributed by atoms with Crippen LogP contribution in [0.5, 0.6) is 0 Å². The molecule has 5 heteroatoms. The highest BCUT2D eigenvalue weighted by molar-refractivity contribution is 6.31. The van der Waals surface area contributed by atoms with Crippen molar-refractivity contribution in [3.63, 3.8) is 0 Å². The topological polar surface area (TPSA) is 43.8 Å². The fourth-order valence-electron chi connectivity index (χ4n) is 2.01. The predicted octanol–water partition coefficient (Wildman–Crippen LogP) is 2.80. The van der Waals surface area contributed by atoms with Gasteiger partial charge in [0.15, 0.2) is 0 Å². The third kappa shape index (κ3) is 2.40. The molecule has 2 aromatic rings. The molecular formula is C13H15ClFN3. The zero-order valence-corrected chi connectivity index (χ0v) is 11.1. The van der Waals surface area contributed by atoms with Crippen LogP contribution in [0.2, 0.25) is 5.02 Å². The molecule has 2 N–H and O–H groups in total. The molecule has 1 aromatic heterocycles. The van der Waals surface area contributed by atoms with Crippen molar-refractivity contribution in [3.8, 4) is 0 Å². The first-order valence-corrected chi connectivity index (χ1v) is 6.07. The van der Waals surface area contributed by atoms with Gasteiger partial charge < -0.3 is 5.73 Å². The van der Waals surface area contributed by atoms with Gasteiger partial charge in [0.2, 0.25) is 0 Å². The van der Waals surface area contributed by atoms with Crippen molar-refractivity contribution in [2.24, 2.45) is 5.73 Å². The number of hydrogen-bond acceptors (Lipinski definition) is 2. The van der Waals surface area contributed by atoms with E-state index in [0.29, 0.717) is 23.7 Å². The minimum Gasteiger partial charge on any atom is -0.326 e. The quantitative estimate of drug-likeness (QED) is 0.929. The van der Waals surface area contributed by atoms with Gasteiger partial charge in [-0.2, -0.15) is 5.10 Å². The SMILES string of the molecule is Cc1nn(Cc2cc(F)ccc2Cl)c(C)c1CN. The average Bonchev–Trinajstić information content (AvgIpc) is 2.59. The fraction of sp³-hybridized carbons (Fsp3) is 0.308. The Labute approximate surface area is 110 Å². The summed E-state index contributed by atoms with van der Waals surface area (Å²) in [6, 6.07) is 4.33. The lowest BCUT2D eigenvalue weighted by Gasteiger charge is -2.07. The van der Waals surface area contributed by atoms with Gasteiger partial charge in [-0.3, -0.25) is 4.68 Å². The van der Waals surface area contributed by atoms with E-state index < -0.39 is 0 Å². The number of hydrogen-bond donors (Lipinski definition) is 1. The zero-order valence-electron chi connectivity index (χ0n) is 10.4. The van der Waals surface area contributed by atoms with Gasteiger partial charge >= 0.3 is 0 Å². The molecule has 0 fully saturated rings. The molecule has 0 saturated carbocycles. The highest BCUT2D eigenvalue weighted by atomic mass is 35.5. The monoisotopic (exact) mass is 267 g/mol. The van der Waals surface area contributed by atoms with Crippen molar-refractivity contribution in [3.05, 3.63) is 51.6 Å². The number of nitrogens with zero attached hydrogens (tertiary/aromatic N) is 2. The van der Waals surface area contributed by atoms with Gasteiger partial charge in [0.25, 0.3) is 0 Å². The van der Waals surface area contributed by atoms with Crippen molar-refractivity contribution in [2.45, 2.75) is 26.9 Å². The Balaban J connectivity index is 2.37. The van der Waals surface area contributed by atoms with Crippen molar-refractivity contribution in [1.29, 1.82) is 0 Å². The predicted molar refractivity (Wildman–Crippen MR) is 70.1 cm³/mol. The van der Waals surface area contributed by atoms with Crippen LogP contribution in [0.4, 0.5) is 4.39 Å². The first-order valence-electron chi connectivity index (χ1n) is 5.69. The van der Waals surface area contributed by atoms with Crippen LogP contribution in [0, 0.1) is 19.7 Å². The fourth-order valence-corrected chi connectivity index (χ4v) is 2.19. The Kier molecular flexibility index (Phi) is 3.68. The number of halogens is 2. The Morgan fingerprint density at radius 1 is 1.39 bits per heavy atom. The van der Waals surface area contributed by atoms with Crippen LogP contribution in [0.25, 0.3) is 0 Å². The summed E-state index contributed by atoms with van der Waals surface area (Å²) in [6.07, 6.45) is 0. The van der Waals surface area contributed by atoms with Crippen LogP contribution in [-0.4, -0.2) is 9.78 Å². The number of benzene rings is 1. The summed E-state index contributed by atoms with van der Waals surface area (Å²) >= 11 is 6.05. The van der Waals surface area contributed by atoms with Crippen LogP contribution in [-0.2, 0) is 13.1 Å². The summed E-state index contributed by atoms with van der Waals surface area (Å²) < 4.78 is 15.0. The van der Waals surface area contributed by atoms with Crippen molar-refractivity contribution in [2.75, 3.05) is 0 Å². The maximum atomic E-state index is 13.2. The van der Waals surface area contributed by atoms with Crippen LogP contribution >= 0.6 is 11.6 Å². The van der Waals surface area contributed by atoms with E-state index in [1.54, 1.807) is 10.7 Å². The molecule has 0 spiro atoms. The molecule has 0 unspecified atom stereocenters. The Hall–Kier alpha value is -1.39. The van der Waals surface area contributed by atoms with Gasteiger partial charge in [0, 0.05) is 22.8 Å². The van der Waals surface area contributed by atoms with Gasteiger partial charge in [-0.1, -0.05) is 11.6 Å². The Bertz CT molecular complexity index is 578. The van der Waals surface area contributed by atoms with E-state index in [-0.39, 0.29) is 5.82 Å². The smallest absolute Gasteiger partial charge is 0.123 e. The average molecular weight is 268 g/mol. The van der Waals surface area contributed by atoms with Gasteiger partial charge in [0.05, 0.1) is 12.2 Å². The molecule has 0 aliphatic carbocycles. The lowest BCUT2D eigenvalue weighted by molar-refractivity contribution is 0.615. The normalized spacial score (nSPS) is 10.9. The molecule has 0 atom stereocenters. The molecule has 0 aliphatic rings. The highest BCUT2D eigenvalue weighted by Gasteiger charge is 2.11. The lowest BCUT2D eigenvalue weighted by Crippen LogP contribution is -2.06. The summed E-state index contributed by atoms with van der Waals surface area (Å²) in [5.74, 6) is -0.296. The summed E-state index contributed by atoms with van der Waals surface area (Å²) in [7, 11) is 0. The molecule has 0 radical (unpaired) electrons. The molecule has 0 bridgehead atoms. The Morgan fingerprint density at radius 3 is 2.72 bits per heavy atom. The molecule has 3 nitrogen and oxygen atoms in total. The van der Waals surface area contributed by atoms with E-state index in [2.05, 4.69) is 5.10 Å². The molecular weight excluding hydrogens is 253 g/mol. The summed E-state index contributed by atoms with van der Waals surface area (Å²) in [6.45, 7) is 4.77. The van der Waals surface area contributed by atoms with Crippen molar-refractivity contribution < 1.29 is 4.39 Å². The van der Waals surface area contributed by atoms with Gasteiger partial charge in [0.1, 0.15) is 5.82 Å². The second kappa shape index (κ2) is 5.08. The van der Waals surface area contributed by atoms with E-state index in [1.807, 2.05) is 13.8 Å².